The van der Waals surface area contributed by atoms with Crippen molar-refractivity contribution in [3.8, 4) is 0 Å². The molecule has 0 unspecified atom stereocenters. The van der Waals surface area contributed by atoms with Gasteiger partial charge in [-0.1, -0.05) is 54.6 Å². The van der Waals surface area contributed by atoms with Crippen molar-refractivity contribution in [2.24, 2.45) is 0 Å². The molecule has 0 bridgehead atoms. The number of aliphatic hydroxyl groups excluding tert-OH is 1. The molecule has 2 N–H and O–H groups in total. The van der Waals surface area contributed by atoms with E-state index >= 15 is 0 Å². The zero-order chi connectivity index (χ0) is 22.8. The summed E-state index contributed by atoms with van der Waals surface area (Å²) in [5.41, 5.74) is 1.22. The van der Waals surface area contributed by atoms with Crippen molar-refractivity contribution in [1.82, 2.24) is 10.2 Å². The topological polar surface area (TPSA) is 78.9 Å². The number of hydrogen-bond acceptors (Lipinski definition) is 4. The lowest BCUT2D eigenvalue weighted by atomic mass is 9.90. The molecule has 0 aromatic heterocycles. The van der Waals surface area contributed by atoms with Crippen molar-refractivity contribution in [2.75, 3.05) is 32.9 Å². The zero-order valence-corrected chi connectivity index (χ0v) is 18.5. The van der Waals surface area contributed by atoms with Crippen LogP contribution in [0.1, 0.15) is 18.4 Å². The molecule has 1 saturated heterocycles. The van der Waals surface area contributed by atoms with E-state index in [0.29, 0.717) is 39.1 Å². The fraction of sp³-hybridized carbons (Fsp3) is 0.333. The number of hydrogen-bond donors (Lipinski definition) is 2. The van der Waals surface area contributed by atoms with Gasteiger partial charge in [-0.25, -0.2) is 0 Å². The van der Waals surface area contributed by atoms with Gasteiger partial charge in [0, 0.05) is 19.5 Å². The lowest BCUT2D eigenvalue weighted by Gasteiger charge is -2.30. The molecule has 0 spiro atoms. The second kappa shape index (κ2) is 9.33. The molecule has 0 radical (unpaired) electrons. The number of aliphatic hydroxyl groups is 1. The third-order valence-corrected chi connectivity index (χ3v) is 6.61. The number of amides is 2. The summed E-state index contributed by atoms with van der Waals surface area (Å²) in [6, 6.07) is 18.5. The van der Waals surface area contributed by atoms with Crippen LogP contribution in [0, 0.1) is 0 Å². The van der Waals surface area contributed by atoms with Crippen LogP contribution in [-0.4, -0.2) is 60.8 Å². The maximum absolute atomic E-state index is 12.6. The monoisotopic (exact) mass is 444 g/mol. The molecule has 1 aliphatic rings. The van der Waals surface area contributed by atoms with Crippen molar-refractivity contribution < 1.29 is 19.4 Å². The maximum Gasteiger partial charge on any atom is 0.247 e. The van der Waals surface area contributed by atoms with Crippen LogP contribution in [0.2, 0.25) is 0 Å². The number of rotatable bonds is 7. The standard InChI is InChI=1S/C27H28N2O4/c30-17-23(27(32)29-13-15-33-16-14-29)28-24(31)6-2-3-18-7-8-21-10-9-19-4-1-5-20-11-12-22(18)26(21)25(19)20/h1,4-5,7-12,23,30H,2-3,6,13-17H2,(H,28,31)/t23-/m0/s1. The van der Waals surface area contributed by atoms with E-state index in [1.165, 1.54) is 37.9 Å². The molecule has 4 aromatic carbocycles. The summed E-state index contributed by atoms with van der Waals surface area (Å²) >= 11 is 0. The molecular weight excluding hydrogens is 416 g/mol. The summed E-state index contributed by atoms with van der Waals surface area (Å²) in [6.07, 6.45) is 1.73. The predicted molar refractivity (Wildman–Crippen MR) is 129 cm³/mol. The average molecular weight is 445 g/mol. The predicted octanol–water partition coefficient (Wildman–Crippen LogP) is 3.24. The summed E-state index contributed by atoms with van der Waals surface area (Å²) in [5, 5.41) is 19.8. The number of morpholine rings is 1. The van der Waals surface area contributed by atoms with Gasteiger partial charge < -0.3 is 20.1 Å². The normalized spacial score (nSPS) is 15.4. The Hall–Kier alpha value is -3.22. The van der Waals surface area contributed by atoms with E-state index in [1.807, 2.05) is 0 Å². The third kappa shape index (κ3) is 4.24. The first-order chi connectivity index (χ1) is 16.2. The van der Waals surface area contributed by atoms with E-state index in [1.54, 1.807) is 4.90 Å². The van der Waals surface area contributed by atoms with Gasteiger partial charge in [0.25, 0.3) is 0 Å². The van der Waals surface area contributed by atoms with Gasteiger partial charge in [0.15, 0.2) is 0 Å². The molecule has 1 aliphatic heterocycles. The first-order valence-electron chi connectivity index (χ1n) is 11.6. The van der Waals surface area contributed by atoms with E-state index in [0.717, 1.165) is 6.42 Å². The van der Waals surface area contributed by atoms with Crippen LogP contribution in [0.3, 0.4) is 0 Å². The molecule has 6 nitrogen and oxygen atoms in total. The van der Waals surface area contributed by atoms with E-state index in [9.17, 15) is 14.7 Å². The van der Waals surface area contributed by atoms with E-state index in [4.69, 9.17) is 4.74 Å². The maximum atomic E-state index is 12.6. The van der Waals surface area contributed by atoms with Gasteiger partial charge in [0.2, 0.25) is 11.8 Å². The SMILES string of the molecule is O=C(CCCc1ccc2ccc3cccc4ccc1c2c34)N[C@@H](CO)C(=O)N1CCOCC1. The molecule has 5 rings (SSSR count). The molecule has 6 heteroatoms. The Morgan fingerprint density at radius 2 is 1.61 bits per heavy atom. The van der Waals surface area contributed by atoms with Gasteiger partial charge in [-0.3, -0.25) is 9.59 Å². The largest absolute Gasteiger partial charge is 0.394 e. The van der Waals surface area contributed by atoms with Crippen LogP contribution in [0.5, 0.6) is 0 Å². The number of nitrogens with one attached hydrogen (secondary N) is 1. The Bertz CT molecular complexity index is 1280. The molecule has 170 valence electrons. The van der Waals surface area contributed by atoms with Crippen LogP contribution in [0.15, 0.2) is 54.6 Å². The fourth-order valence-electron chi connectivity index (χ4n) is 4.91. The molecule has 1 heterocycles. The minimum Gasteiger partial charge on any atom is -0.394 e. The number of carbonyl (C=O) groups excluding carboxylic acids is 2. The fourth-order valence-corrected chi connectivity index (χ4v) is 4.91. The summed E-state index contributed by atoms with van der Waals surface area (Å²) in [7, 11) is 0. The van der Waals surface area contributed by atoms with E-state index in [-0.39, 0.29) is 11.8 Å². The Kier molecular flexibility index (Phi) is 6.11. The molecule has 0 saturated carbocycles. The van der Waals surface area contributed by atoms with Crippen molar-refractivity contribution in [2.45, 2.75) is 25.3 Å². The molecule has 0 aliphatic carbocycles. The molecule has 1 fully saturated rings. The number of benzene rings is 4. The minimum absolute atomic E-state index is 0.214. The number of nitrogens with zero attached hydrogens (tertiary/aromatic N) is 1. The van der Waals surface area contributed by atoms with Gasteiger partial charge in [-0.15, -0.1) is 0 Å². The highest BCUT2D eigenvalue weighted by atomic mass is 16.5. The van der Waals surface area contributed by atoms with Gasteiger partial charge in [-0.2, -0.15) is 0 Å². The highest BCUT2D eigenvalue weighted by Crippen LogP contribution is 2.36. The number of carbonyl (C=O) groups is 2. The van der Waals surface area contributed by atoms with E-state index < -0.39 is 12.6 Å². The van der Waals surface area contributed by atoms with Gasteiger partial charge in [0.1, 0.15) is 6.04 Å². The molecule has 1 atom stereocenters. The van der Waals surface area contributed by atoms with Crippen LogP contribution >= 0.6 is 0 Å². The molecule has 33 heavy (non-hydrogen) atoms. The van der Waals surface area contributed by atoms with Crippen molar-refractivity contribution in [1.29, 1.82) is 0 Å². The van der Waals surface area contributed by atoms with Gasteiger partial charge in [-0.05, 0) is 50.7 Å². The van der Waals surface area contributed by atoms with Crippen LogP contribution in [0.4, 0.5) is 0 Å². The minimum atomic E-state index is -0.898. The Morgan fingerprint density at radius 3 is 2.33 bits per heavy atom. The summed E-state index contributed by atoms with van der Waals surface area (Å²) in [6.45, 7) is 1.53. The van der Waals surface area contributed by atoms with Crippen LogP contribution in [0.25, 0.3) is 32.3 Å². The lowest BCUT2D eigenvalue weighted by molar-refractivity contribution is -0.141. The average Bonchev–Trinajstić information content (AvgIpc) is 2.86. The molecular formula is C27H28N2O4. The number of ether oxygens (including phenoxy) is 1. The zero-order valence-electron chi connectivity index (χ0n) is 18.5. The summed E-state index contributed by atoms with van der Waals surface area (Å²) < 4.78 is 5.26. The second-order valence-corrected chi connectivity index (χ2v) is 8.67. The highest BCUT2D eigenvalue weighted by Gasteiger charge is 2.26. The summed E-state index contributed by atoms with van der Waals surface area (Å²) in [5.74, 6) is -0.464. The van der Waals surface area contributed by atoms with E-state index in [2.05, 4.69) is 59.9 Å². The first-order valence-corrected chi connectivity index (χ1v) is 11.6. The second-order valence-electron chi connectivity index (χ2n) is 8.67. The molecule has 4 aromatic rings. The third-order valence-electron chi connectivity index (χ3n) is 6.61. The Labute approximate surface area is 192 Å². The highest BCUT2D eigenvalue weighted by molar-refractivity contribution is 6.23. The van der Waals surface area contributed by atoms with Gasteiger partial charge >= 0.3 is 0 Å². The van der Waals surface area contributed by atoms with Crippen molar-refractivity contribution in [3.05, 3.63) is 60.2 Å². The van der Waals surface area contributed by atoms with Gasteiger partial charge in [0.05, 0.1) is 19.8 Å². The van der Waals surface area contributed by atoms with Crippen LogP contribution in [-0.2, 0) is 20.7 Å². The molecule has 2 amide bonds. The Balaban J connectivity index is 1.26. The van der Waals surface area contributed by atoms with Crippen molar-refractivity contribution in [3.63, 3.8) is 0 Å². The first kappa shape index (κ1) is 21.6. The van der Waals surface area contributed by atoms with Crippen molar-refractivity contribution >= 4 is 44.1 Å². The Morgan fingerprint density at radius 1 is 0.939 bits per heavy atom. The van der Waals surface area contributed by atoms with Crippen LogP contribution < -0.4 is 5.32 Å². The quantitative estimate of drug-likeness (QED) is 0.429. The number of aryl methyl sites for hydroxylation is 1. The lowest BCUT2D eigenvalue weighted by Crippen LogP contribution is -2.53. The summed E-state index contributed by atoms with van der Waals surface area (Å²) in [4.78, 5) is 26.7. The smallest absolute Gasteiger partial charge is 0.247 e.